The zero-order chi connectivity index (χ0) is 19.6. The number of halogens is 1. The Bertz CT molecular complexity index is 893. The highest BCUT2D eigenvalue weighted by Gasteiger charge is 2.27. The minimum absolute atomic E-state index is 0.0198. The quantitative estimate of drug-likeness (QED) is 0.790. The normalized spacial score (nSPS) is 22.8. The topological polar surface area (TPSA) is 69.6 Å². The summed E-state index contributed by atoms with van der Waals surface area (Å²) in [4.78, 5) is 2.25. The van der Waals surface area contributed by atoms with E-state index in [1.165, 1.54) is 12.5 Å². The molecule has 0 saturated carbocycles. The lowest BCUT2D eigenvalue weighted by Crippen LogP contribution is -2.49. The van der Waals surface area contributed by atoms with Gasteiger partial charge >= 0.3 is 0 Å². The Morgan fingerprint density at radius 1 is 1.15 bits per heavy atom. The van der Waals surface area contributed by atoms with Crippen LogP contribution in [0.25, 0.3) is 10.8 Å². The summed E-state index contributed by atoms with van der Waals surface area (Å²) in [6, 6.07) is 9.65. The summed E-state index contributed by atoms with van der Waals surface area (Å²) in [6.45, 7) is 4.62. The van der Waals surface area contributed by atoms with Crippen molar-refractivity contribution < 1.29 is 17.9 Å². The molecule has 1 aliphatic heterocycles. The number of piperidine rings is 1. The van der Waals surface area contributed by atoms with Gasteiger partial charge in [0.05, 0.1) is 11.0 Å². The monoisotopic (exact) mass is 394 g/mol. The van der Waals surface area contributed by atoms with Crippen LogP contribution in [0, 0.1) is 5.82 Å². The maximum Gasteiger partial charge on any atom is 0.241 e. The van der Waals surface area contributed by atoms with Crippen molar-refractivity contribution in [3.05, 3.63) is 42.2 Å². The van der Waals surface area contributed by atoms with Gasteiger partial charge in [-0.25, -0.2) is 17.5 Å². The van der Waals surface area contributed by atoms with Crippen molar-refractivity contribution in [2.24, 2.45) is 0 Å². The number of benzene rings is 2. The van der Waals surface area contributed by atoms with Crippen LogP contribution >= 0.6 is 0 Å². The Hall–Kier alpha value is -1.54. The van der Waals surface area contributed by atoms with E-state index >= 15 is 0 Å². The first kappa shape index (κ1) is 20.2. The van der Waals surface area contributed by atoms with Crippen LogP contribution in [0.1, 0.15) is 33.1 Å². The van der Waals surface area contributed by atoms with Crippen LogP contribution in [0.2, 0.25) is 0 Å². The van der Waals surface area contributed by atoms with Crippen molar-refractivity contribution >= 4 is 20.8 Å². The molecule has 27 heavy (non-hydrogen) atoms. The van der Waals surface area contributed by atoms with Gasteiger partial charge in [-0.15, -0.1) is 0 Å². The summed E-state index contributed by atoms with van der Waals surface area (Å²) in [7, 11) is -3.86. The Morgan fingerprint density at radius 3 is 2.44 bits per heavy atom. The molecule has 2 aromatic rings. The van der Waals surface area contributed by atoms with Gasteiger partial charge in [0.25, 0.3) is 0 Å². The average molecular weight is 395 g/mol. The Balaban J connectivity index is 1.71. The standard InChI is InChI=1S/C20H27FN2O3S/c1-14-6-5-7-15(2)23(14)13-16(24)12-22-27(25,26)20-11-10-19(21)17-8-3-4-9-18(17)20/h3-4,8-11,14-16,22,24H,5-7,12-13H2,1-2H3/t14-,15+,16-/m0/s1. The molecule has 3 rings (SSSR count). The minimum Gasteiger partial charge on any atom is -0.390 e. The molecular formula is C20H27FN2O3S. The van der Waals surface area contributed by atoms with Gasteiger partial charge in [-0.05, 0) is 38.8 Å². The largest absolute Gasteiger partial charge is 0.390 e. The van der Waals surface area contributed by atoms with Gasteiger partial charge in [-0.3, -0.25) is 4.90 Å². The average Bonchev–Trinajstić information content (AvgIpc) is 2.63. The molecule has 2 aromatic carbocycles. The fourth-order valence-electron chi connectivity index (χ4n) is 3.90. The van der Waals surface area contributed by atoms with Crippen molar-refractivity contribution in [2.75, 3.05) is 13.1 Å². The number of β-amino-alcohol motifs (C(OH)–C–C–N with tert-alkyl or cyclic N) is 1. The predicted molar refractivity (Wildman–Crippen MR) is 105 cm³/mol. The van der Waals surface area contributed by atoms with E-state index in [4.69, 9.17) is 0 Å². The molecule has 0 unspecified atom stereocenters. The molecule has 3 atom stereocenters. The summed E-state index contributed by atoms with van der Waals surface area (Å²) >= 11 is 0. The number of nitrogens with zero attached hydrogens (tertiary/aromatic N) is 1. The highest BCUT2D eigenvalue weighted by atomic mass is 32.2. The molecule has 7 heteroatoms. The molecule has 1 fully saturated rings. The molecule has 0 aromatic heterocycles. The number of hydrogen-bond donors (Lipinski definition) is 2. The molecular weight excluding hydrogens is 367 g/mol. The van der Waals surface area contributed by atoms with E-state index in [9.17, 15) is 17.9 Å². The van der Waals surface area contributed by atoms with Gasteiger partial charge in [0, 0.05) is 35.9 Å². The Kier molecular flexibility index (Phi) is 6.15. The molecule has 0 amide bonds. The number of sulfonamides is 1. The molecule has 1 saturated heterocycles. The lowest BCUT2D eigenvalue weighted by molar-refractivity contribution is 0.0438. The smallest absolute Gasteiger partial charge is 0.241 e. The molecule has 2 N–H and O–H groups in total. The predicted octanol–water partition coefficient (Wildman–Crippen LogP) is 2.88. The van der Waals surface area contributed by atoms with Crippen molar-refractivity contribution in [3.8, 4) is 0 Å². The number of likely N-dealkylation sites (tertiary alicyclic amines) is 1. The number of rotatable bonds is 6. The zero-order valence-corrected chi connectivity index (χ0v) is 16.5. The van der Waals surface area contributed by atoms with Crippen molar-refractivity contribution in [1.29, 1.82) is 0 Å². The first-order valence-corrected chi connectivity index (χ1v) is 10.9. The van der Waals surface area contributed by atoms with E-state index in [1.54, 1.807) is 24.3 Å². The number of aliphatic hydroxyl groups excluding tert-OH is 1. The number of fused-ring (bicyclic) bond motifs is 1. The maximum atomic E-state index is 13.9. The number of hydrogen-bond acceptors (Lipinski definition) is 4. The third-order valence-electron chi connectivity index (χ3n) is 5.43. The highest BCUT2D eigenvalue weighted by Crippen LogP contribution is 2.25. The van der Waals surface area contributed by atoms with Gasteiger partial charge in [-0.2, -0.15) is 0 Å². The molecule has 0 radical (unpaired) electrons. The maximum absolute atomic E-state index is 13.9. The van der Waals surface area contributed by atoms with Crippen LogP contribution in [-0.2, 0) is 10.0 Å². The molecule has 0 aliphatic carbocycles. The molecule has 1 aliphatic rings. The Labute approximate surface area is 160 Å². The Morgan fingerprint density at radius 2 is 1.78 bits per heavy atom. The summed E-state index contributed by atoms with van der Waals surface area (Å²) in [6.07, 6.45) is 2.54. The summed E-state index contributed by atoms with van der Waals surface area (Å²) in [5.74, 6) is -0.461. The first-order chi connectivity index (χ1) is 12.8. The van der Waals surface area contributed by atoms with Crippen LogP contribution in [0.4, 0.5) is 4.39 Å². The van der Waals surface area contributed by atoms with Gasteiger partial charge in [0.1, 0.15) is 5.82 Å². The molecule has 0 bridgehead atoms. The second-order valence-electron chi connectivity index (χ2n) is 7.42. The summed E-state index contributed by atoms with van der Waals surface area (Å²) in [5.41, 5.74) is 0. The number of nitrogens with one attached hydrogen (secondary N) is 1. The van der Waals surface area contributed by atoms with Gasteiger partial charge in [0.15, 0.2) is 0 Å². The van der Waals surface area contributed by atoms with Gasteiger partial charge in [0.2, 0.25) is 10.0 Å². The van der Waals surface area contributed by atoms with Gasteiger partial charge in [-0.1, -0.05) is 30.7 Å². The van der Waals surface area contributed by atoms with E-state index in [-0.39, 0.29) is 16.8 Å². The van der Waals surface area contributed by atoms with E-state index in [0.29, 0.717) is 24.0 Å². The van der Waals surface area contributed by atoms with Crippen molar-refractivity contribution in [3.63, 3.8) is 0 Å². The fourth-order valence-corrected chi connectivity index (χ4v) is 5.18. The van der Waals surface area contributed by atoms with Crippen LogP contribution in [0.3, 0.4) is 0 Å². The summed E-state index contributed by atoms with van der Waals surface area (Å²) < 4.78 is 41.9. The molecule has 148 valence electrons. The first-order valence-electron chi connectivity index (χ1n) is 9.40. The lowest BCUT2D eigenvalue weighted by atomic mass is 9.97. The second kappa shape index (κ2) is 8.22. The van der Waals surface area contributed by atoms with Gasteiger partial charge < -0.3 is 5.11 Å². The van der Waals surface area contributed by atoms with Crippen molar-refractivity contribution in [1.82, 2.24) is 9.62 Å². The van der Waals surface area contributed by atoms with Crippen LogP contribution in [0.15, 0.2) is 41.3 Å². The van der Waals surface area contributed by atoms with Crippen molar-refractivity contribution in [2.45, 2.75) is 56.2 Å². The van der Waals surface area contributed by atoms with E-state index in [1.807, 2.05) is 0 Å². The van der Waals surface area contributed by atoms with E-state index in [0.717, 1.165) is 18.9 Å². The van der Waals surface area contributed by atoms with E-state index < -0.39 is 21.9 Å². The number of aliphatic hydroxyl groups is 1. The van der Waals surface area contributed by atoms with Crippen LogP contribution < -0.4 is 4.72 Å². The fraction of sp³-hybridized carbons (Fsp3) is 0.500. The molecule has 0 spiro atoms. The zero-order valence-electron chi connectivity index (χ0n) is 15.7. The third kappa shape index (κ3) is 4.48. The van der Waals surface area contributed by atoms with Crippen LogP contribution in [0.5, 0.6) is 0 Å². The SMILES string of the molecule is C[C@@H]1CCC[C@H](C)N1C[C@@H](O)CNS(=O)(=O)c1ccc(F)c2ccccc12. The highest BCUT2D eigenvalue weighted by molar-refractivity contribution is 7.89. The molecule has 1 heterocycles. The third-order valence-corrected chi connectivity index (χ3v) is 6.91. The molecule has 5 nitrogen and oxygen atoms in total. The second-order valence-corrected chi connectivity index (χ2v) is 9.16. The lowest BCUT2D eigenvalue weighted by Gasteiger charge is -2.40. The van der Waals surface area contributed by atoms with E-state index in [2.05, 4.69) is 23.5 Å². The van der Waals surface area contributed by atoms with Crippen LogP contribution in [-0.4, -0.2) is 49.7 Å². The minimum atomic E-state index is -3.86. The summed E-state index contributed by atoms with van der Waals surface area (Å²) in [5, 5.41) is 11.0.